The summed E-state index contributed by atoms with van der Waals surface area (Å²) >= 11 is 0. The van der Waals surface area contributed by atoms with Crippen LogP contribution in [-0.2, 0) is 4.79 Å². The van der Waals surface area contributed by atoms with Gasteiger partial charge >= 0.3 is 0 Å². The monoisotopic (exact) mass is 326 g/mol. The molecule has 0 heterocycles. The van der Waals surface area contributed by atoms with Crippen LogP contribution >= 0.6 is 0 Å². The molecule has 0 aromatic heterocycles. The molecule has 0 radical (unpaired) electrons. The minimum atomic E-state index is -0.270. The molecule has 0 atom stereocenters. The topological polar surface area (TPSA) is 81.4 Å². The largest absolute Gasteiger partial charge is 0.482 e. The van der Waals surface area contributed by atoms with Gasteiger partial charge in [-0.25, -0.2) is 0 Å². The zero-order chi connectivity index (χ0) is 17.7. The van der Waals surface area contributed by atoms with Crippen LogP contribution < -0.4 is 15.8 Å². The summed E-state index contributed by atoms with van der Waals surface area (Å²) in [4.78, 5) is 23.7. The first-order valence-corrected chi connectivity index (χ1v) is 7.82. The first-order valence-electron chi connectivity index (χ1n) is 7.82. The molecule has 0 saturated heterocycles. The van der Waals surface area contributed by atoms with Crippen LogP contribution in [0.2, 0.25) is 0 Å². The molecular formula is C19H22N2O3. The van der Waals surface area contributed by atoms with Gasteiger partial charge in [-0.15, -0.1) is 0 Å². The molecule has 2 aromatic carbocycles. The second-order valence-electron chi connectivity index (χ2n) is 5.74. The lowest BCUT2D eigenvalue weighted by Crippen LogP contribution is -2.20. The van der Waals surface area contributed by atoms with Crippen LogP contribution in [0.15, 0.2) is 36.4 Å². The van der Waals surface area contributed by atoms with Gasteiger partial charge in [0.2, 0.25) is 0 Å². The average Bonchev–Trinajstić information content (AvgIpc) is 2.51. The minimum absolute atomic E-state index is 0.0146. The molecule has 0 fully saturated rings. The van der Waals surface area contributed by atoms with Gasteiger partial charge in [0.1, 0.15) is 5.75 Å². The molecule has 0 aliphatic carbocycles. The van der Waals surface area contributed by atoms with E-state index in [0.29, 0.717) is 23.4 Å². The van der Waals surface area contributed by atoms with E-state index in [2.05, 4.69) is 5.32 Å². The van der Waals surface area contributed by atoms with Crippen molar-refractivity contribution in [2.24, 2.45) is 0 Å². The van der Waals surface area contributed by atoms with Gasteiger partial charge in [0.25, 0.3) is 5.91 Å². The standard InChI is InChI=1S/C19H22N2O3/c1-4-17(22)14-5-6-18(16(20)10-14)24-11-19(23)21-15-8-12(2)7-13(3)9-15/h5-10H,4,11,20H2,1-3H3,(H,21,23). The summed E-state index contributed by atoms with van der Waals surface area (Å²) in [6.07, 6.45) is 0.415. The summed E-state index contributed by atoms with van der Waals surface area (Å²) < 4.78 is 5.45. The lowest BCUT2D eigenvalue weighted by atomic mass is 10.1. The summed E-state index contributed by atoms with van der Waals surface area (Å²) in [5, 5.41) is 2.79. The van der Waals surface area contributed by atoms with Crippen LogP contribution in [0.4, 0.5) is 11.4 Å². The number of amides is 1. The summed E-state index contributed by atoms with van der Waals surface area (Å²) in [6.45, 7) is 5.58. The fourth-order valence-electron chi connectivity index (χ4n) is 2.44. The van der Waals surface area contributed by atoms with Gasteiger partial charge in [0.15, 0.2) is 12.4 Å². The fraction of sp³-hybridized carbons (Fsp3) is 0.263. The Bertz CT molecular complexity index is 749. The van der Waals surface area contributed by atoms with Crippen molar-refractivity contribution in [2.75, 3.05) is 17.7 Å². The molecule has 0 aliphatic rings. The smallest absolute Gasteiger partial charge is 0.262 e. The molecule has 2 aromatic rings. The Morgan fingerprint density at radius 3 is 2.33 bits per heavy atom. The van der Waals surface area contributed by atoms with Crippen LogP contribution in [0.5, 0.6) is 5.75 Å². The van der Waals surface area contributed by atoms with Gasteiger partial charge in [-0.05, 0) is 55.3 Å². The van der Waals surface area contributed by atoms with Crippen molar-refractivity contribution >= 4 is 23.1 Å². The molecule has 24 heavy (non-hydrogen) atoms. The molecule has 3 N–H and O–H groups in total. The summed E-state index contributed by atoms with van der Waals surface area (Å²) in [7, 11) is 0. The Balaban J connectivity index is 1.97. The number of ether oxygens (including phenoxy) is 1. The number of nitrogens with two attached hydrogens (primary N) is 1. The Hall–Kier alpha value is -2.82. The van der Waals surface area contributed by atoms with Crippen molar-refractivity contribution in [1.29, 1.82) is 0 Å². The lowest BCUT2D eigenvalue weighted by Gasteiger charge is -2.11. The van der Waals surface area contributed by atoms with E-state index in [4.69, 9.17) is 10.5 Å². The maximum atomic E-state index is 12.0. The molecule has 0 bridgehead atoms. The molecule has 1 amide bonds. The van der Waals surface area contributed by atoms with E-state index < -0.39 is 0 Å². The molecular weight excluding hydrogens is 304 g/mol. The highest BCUT2D eigenvalue weighted by molar-refractivity contribution is 5.97. The second kappa shape index (κ2) is 7.64. The maximum Gasteiger partial charge on any atom is 0.262 e. The van der Waals surface area contributed by atoms with Gasteiger partial charge in [0, 0.05) is 17.7 Å². The normalized spacial score (nSPS) is 10.3. The average molecular weight is 326 g/mol. The molecule has 0 unspecified atom stereocenters. The SMILES string of the molecule is CCC(=O)c1ccc(OCC(=O)Nc2cc(C)cc(C)c2)c(N)c1. The highest BCUT2D eigenvalue weighted by Gasteiger charge is 2.09. The number of hydrogen-bond acceptors (Lipinski definition) is 4. The van der Waals surface area contributed by atoms with Crippen LogP contribution in [0.3, 0.4) is 0 Å². The predicted molar refractivity (Wildman–Crippen MR) is 95.5 cm³/mol. The third-order valence-corrected chi connectivity index (χ3v) is 3.52. The Morgan fingerprint density at radius 2 is 1.75 bits per heavy atom. The number of carbonyl (C=O) groups excluding carboxylic acids is 2. The fourth-order valence-corrected chi connectivity index (χ4v) is 2.44. The zero-order valence-electron chi connectivity index (χ0n) is 14.2. The number of carbonyl (C=O) groups is 2. The zero-order valence-corrected chi connectivity index (χ0v) is 14.2. The van der Waals surface area contributed by atoms with Crippen molar-refractivity contribution in [3.8, 4) is 5.75 Å². The van der Waals surface area contributed by atoms with E-state index in [1.54, 1.807) is 25.1 Å². The van der Waals surface area contributed by atoms with Crippen LogP contribution in [-0.4, -0.2) is 18.3 Å². The molecule has 0 aliphatic heterocycles. The number of ketones is 1. The number of nitrogen functional groups attached to an aromatic ring is 1. The van der Waals surface area contributed by atoms with Gasteiger partial charge in [0.05, 0.1) is 5.69 Å². The number of hydrogen-bond donors (Lipinski definition) is 2. The van der Waals surface area contributed by atoms with E-state index in [1.165, 1.54) is 0 Å². The summed E-state index contributed by atoms with van der Waals surface area (Å²) in [6, 6.07) is 10.7. The minimum Gasteiger partial charge on any atom is -0.482 e. The molecule has 5 heteroatoms. The summed E-state index contributed by atoms with van der Waals surface area (Å²) in [5.41, 5.74) is 9.65. The van der Waals surface area contributed by atoms with E-state index in [-0.39, 0.29) is 18.3 Å². The number of Topliss-reactive ketones (excluding diaryl/α,β-unsaturated/α-hetero) is 1. The molecule has 5 nitrogen and oxygen atoms in total. The number of rotatable bonds is 6. The maximum absolute atomic E-state index is 12.0. The quantitative estimate of drug-likeness (QED) is 0.629. The Morgan fingerprint density at radius 1 is 1.08 bits per heavy atom. The molecule has 0 saturated carbocycles. The van der Waals surface area contributed by atoms with Gasteiger partial charge < -0.3 is 15.8 Å². The molecule has 0 spiro atoms. The van der Waals surface area contributed by atoms with Crippen molar-refractivity contribution in [2.45, 2.75) is 27.2 Å². The third-order valence-electron chi connectivity index (χ3n) is 3.52. The van der Waals surface area contributed by atoms with Crippen LogP contribution in [0.25, 0.3) is 0 Å². The number of aryl methyl sites for hydroxylation is 2. The highest BCUT2D eigenvalue weighted by Crippen LogP contribution is 2.23. The van der Waals surface area contributed by atoms with E-state index in [1.807, 2.05) is 32.0 Å². The van der Waals surface area contributed by atoms with Crippen molar-refractivity contribution in [3.63, 3.8) is 0 Å². The lowest BCUT2D eigenvalue weighted by molar-refractivity contribution is -0.118. The van der Waals surface area contributed by atoms with Crippen molar-refractivity contribution < 1.29 is 14.3 Å². The van der Waals surface area contributed by atoms with Crippen molar-refractivity contribution in [3.05, 3.63) is 53.1 Å². The van der Waals surface area contributed by atoms with Crippen LogP contribution in [0, 0.1) is 13.8 Å². The number of benzene rings is 2. The van der Waals surface area contributed by atoms with Crippen LogP contribution in [0.1, 0.15) is 34.8 Å². The van der Waals surface area contributed by atoms with E-state index >= 15 is 0 Å². The number of anilines is 2. The van der Waals surface area contributed by atoms with Gasteiger partial charge in [-0.2, -0.15) is 0 Å². The molecule has 2 rings (SSSR count). The Labute approximate surface area is 141 Å². The predicted octanol–water partition coefficient (Wildman–Crippen LogP) is 3.50. The molecule has 126 valence electrons. The van der Waals surface area contributed by atoms with Gasteiger partial charge in [-0.3, -0.25) is 9.59 Å². The summed E-state index contributed by atoms with van der Waals surface area (Å²) in [5.74, 6) is 0.132. The Kier molecular flexibility index (Phi) is 5.58. The van der Waals surface area contributed by atoms with Crippen molar-refractivity contribution in [1.82, 2.24) is 0 Å². The second-order valence-corrected chi connectivity index (χ2v) is 5.74. The number of nitrogens with one attached hydrogen (secondary N) is 1. The highest BCUT2D eigenvalue weighted by atomic mass is 16.5. The van der Waals surface area contributed by atoms with E-state index in [9.17, 15) is 9.59 Å². The third kappa shape index (κ3) is 4.59. The first kappa shape index (κ1) is 17.5. The van der Waals surface area contributed by atoms with E-state index in [0.717, 1.165) is 16.8 Å². The van der Waals surface area contributed by atoms with Gasteiger partial charge in [-0.1, -0.05) is 13.0 Å². The first-order chi connectivity index (χ1) is 11.4.